The third-order valence-corrected chi connectivity index (χ3v) is 3.70. The highest BCUT2D eigenvalue weighted by molar-refractivity contribution is 6.31. The monoisotopic (exact) mass is 305 g/mol. The highest BCUT2D eigenvalue weighted by atomic mass is 35.5. The number of ether oxygens (including phenoxy) is 1. The van der Waals surface area contributed by atoms with Crippen LogP contribution in [0.5, 0.6) is 5.75 Å². The van der Waals surface area contributed by atoms with Crippen LogP contribution in [0.2, 0.25) is 5.02 Å². The molecule has 0 N–H and O–H groups in total. The lowest BCUT2D eigenvalue weighted by Gasteiger charge is -2.34. The van der Waals surface area contributed by atoms with Gasteiger partial charge in [-0.1, -0.05) is 24.9 Å². The van der Waals surface area contributed by atoms with E-state index in [0.717, 1.165) is 12.2 Å². The van der Waals surface area contributed by atoms with Crippen LogP contribution in [0.15, 0.2) is 41.0 Å². The third-order valence-electron chi connectivity index (χ3n) is 3.47. The summed E-state index contributed by atoms with van der Waals surface area (Å²) in [5, 5.41) is 0.573. The van der Waals surface area contributed by atoms with Crippen LogP contribution >= 0.6 is 11.6 Å². The topological polar surface area (TPSA) is 42.7 Å². The molecule has 0 spiro atoms. The van der Waals surface area contributed by atoms with Gasteiger partial charge in [0.05, 0.1) is 18.5 Å². The van der Waals surface area contributed by atoms with E-state index < -0.39 is 6.10 Å². The lowest BCUT2D eigenvalue weighted by Crippen LogP contribution is -2.45. The quantitative estimate of drug-likeness (QED) is 0.856. The minimum absolute atomic E-state index is 0.0528. The van der Waals surface area contributed by atoms with E-state index in [9.17, 15) is 4.79 Å². The summed E-state index contributed by atoms with van der Waals surface area (Å²) < 4.78 is 11.2. The van der Waals surface area contributed by atoms with E-state index in [1.54, 1.807) is 23.3 Å². The SMILES string of the molecule is CCCC1Oc2ccc(Cl)cc2N(Cc2ccco2)C1=O. The summed E-state index contributed by atoms with van der Waals surface area (Å²) >= 11 is 6.05. The van der Waals surface area contributed by atoms with Crippen molar-refractivity contribution in [1.82, 2.24) is 0 Å². The number of rotatable bonds is 4. The maximum Gasteiger partial charge on any atom is 0.268 e. The van der Waals surface area contributed by atoms with E-state index in [0.29, 0.717) is 29.4 Å². The van der Waals surface area contributed by atoms with Gasteiger partial charge in [0.2, 0.25) is 0 Å². The van der Waals surface area contributed by atoms with Gasteiger partial charge in [0.1, 0.15) is 11.5 Å². The second kappa shape index (κ2) is 5.82. The second-order valence-corrected chi connectivity index (χ2v) is 5.45. The highest BCUT2D eigenvalue weighted by Crippen LogP contribution is 2.37. The predicted molar refractivity (Wildman–Crippen MR) is 80.7 cm³/mol. The van der Waals surface area contributed by atoms with E-state index >= 15 is 0 Å². The van der Waals surface area contributed by atoms with Gasteiger partial charge in [-0.25, -0.2) is 0 Å². The van der Waals surface area contributed by atoms with Crippen molar-refractivity contribution in [3.05, 3.63) is 47.4 Å². The Morgan fingerprint density at radius 3 is 2.90 bits per heavy atom. The van der Waals surface area contributed by atoms with E-state index in [2.05, 4.69) is 0 Å². The van der Waals surface area contributed by atoms with E-state index in [4.69, 9.17) is 20.8 Å². The van der Waals surface area contributed by atoms with Gasteiger partial charge in [-0.3, -0.25) is 9.69 Å². The fourth-order valence-electron chi connectivity index (χ4n) is 2.46. The molecule has 0 saturated heterocycles. The van der Waals surface area contributed by atoms with E-state index in [1.165, 1.54) is 0 Å². The number of hydrogen-bond acceptors (Lipinski definition) is 3. The summed E-state index contributed by atoms with van der Waals surface area (Å²) in [6.45, 7) is 2.41. The highest BCUT2D eigenvalue weighted by Gasteiger charge is 2.34. The summed E-state index contributed by atoms with van der Waals surface area (Å²) in [5.41, 5.74) is 0.691. The van der Waals surface area contributed by atoms with Crippen LogP contribution in [0.25, 0.3) is 0 Å². The summed E-state index contributed by atoms with van der Waals surface area (Å²) in [5.74, 6) is 1.36. The zero-order valence-corrected chi connectivity index (χ0v) is 12.5. The van der Waals surface area contributed by atoms with Crippen LogP contribution < -0.4 is 9.64 Å². The minimum Gasteiger partial charge on any atom is -0.478 e. The van der Waals surface area contributed by atoms with Gasteiger partial charge >= 0.3 is 0 Å². The Bertz CT molecular complexity index is 639. The maximum atomic E-state index is 12.6. The molecule has 4 nitrogen and oxygen atoms in total. The molecule has 0 fully saturated rings. The second-order valence-electron chi connectivity index (χ2n) is 5.01. The standard InChI is InChI=1S/C16H16ClNO3/c1-2-4-15-16(19)18(10-12-5-3-8-20-12)13-9-11(17)6-7-14(13)21-15/h3,5-9,15H,2,4,10H2,1H3. The number of carbonyl (C=O) groups is 1. The molecule has 2 heterocycles. The van der Waals surface area contributed by atoms with Crippen molar-refractivity contribution < 1.29 is 13.9 Å². The van der Waals surface area contributed by atoms with Gasteiger partial charge < -0.3 is 9.15 Å². The fraction of sp³-hybridized carbons (Fsp3) is 0.312. The van der Waals surface area contributed by atoms with Crippen molar-refractivity contribution in [3.8, 4) is 5.75 Å². The molecule has 0 radical (unpaired) electrons. The van der Waals surface area contributed by atoms with Crippen LogP contribution in [0.3, 0.4) is 0 Å². The van der Waals surface area contributed by atoms with Gasteiger partial charge in [-0.2, -0.15) is 0 Å². The number of fused-ring (bicyclic) bond motifs is 1. The Labute approximate surface area is 128 Å². The first-order chi connectivity index (χ1) is 10.2. The number of halogens is 1. The molecule has 1 aromatic carbocycles. The molecule has 1 aliphatic heterocycles. The van der Waals surface area contributed by atoms with Crippen LogP contribution in [0.1, 0.15) is 25.5 Å². The van der Waals surface area contributed by atoms with Gasteiger partial charge in [0.15, 0.2) is 6.10 Å². The Morgan fingerprint density at radius 1 is 1.33 bits per heavy atom. The molecule has 3 rings (SSSR count). The molecule has 0 saturated carbocycles. The van der Waals surface area contributed by atoms with Gasteiger partial charge in [0, 0.05) is 5.02 Å². The summed E-state index contributed by atoms with van der Waals surface area (Å²) in [6.07, 6.45) is 2.73. The molecule has 110 valence electrons. The average molecular weight is 306 g/mol. The maximum absolute atomic E-state index is 12.6. The number of hydrogen-bond donors (Lipinski definition) is 0. The third kappa shape index (κ3) is 2.76. The number of anilines is 1. The zero-order valence-electron chi connectivity index (χ0n) is 11.7. The minimum atomic E-state index is -0.446. The summed E-state index contributed by atoms with van der Waals surface area (Å²) in [7, 11) is 0. The van der Waals surface area contributed by atoms with Gasteiger partial charge in [-0.05, 0) is 36.8 Å². The Hall–Kier alpha value is -1.94. The normalized spacial score (nSPS) is 17.5. The van der Waals surface area contributed by atoms with Crippen molar-refractivity contribution in [2.45, 2.75) is 32.4 Å². The molecule has 21 heavy (non-hydrogen) atoms. The van der Waals surface area contributed by atoms with Crippen LogP contribution in [-0.2, 0) is 11.3 Å². The number of benzene rings is 1. The Balaban J connectivity index is 1.98. The van der Waals surface area contributed by atoms with E-state index in [1.807, 2.05) is 25.1 Å². The lowest BCUT2D eigenvalue weighted by atomic mass is 10.1. The smallest absolute Gasteiger partial charge is 0.268 e. The number of furan rings is 1. The van der Waals surface area contributed by atoms with Crippen molar-refractivity contribution in [2.75, 3.05) is 4.90 Å². The average Bonchev–Trinajstić information content (AvgIpc) is 2.97. The molecule has 1 aliphatic rings. The molecule has 1 amide bonds. The predicted octanol–water partition coefficient (Wildman–Crippen LogP) is 4.03. The summed E-state index contributed by atoms with van der Waals surface area (Å²) in [6, 6.07) is 8.98. The first kappa shape index (κ1) is 14.0. The van der Waals surface area contributed by atoms with Crippen LogP contribution in [0, 0.1) is 0 Å². The Kier molecular flexibility index (Phi) is 3.88. The van der Waals surface area contributed by atoms with Crippen molar-refractivity contribution >= 4 is 23.2 Å². The molecule has 1 unspecified atom stereocenters. The first-order valence-electron chi connectivity index (χ1n) is 6.99. The fourth-order valence-corrected chi connectivity index (χ4v) is 2.63. The van der Waals surface area contributed by atoms with Crippen molar-refractivity contribution in [1.29, 1.82) is 0 Å². The molecule has 1 aromatic heterocycles. The summed E-state index contributed by atoms with van der Waals surface area (Å²) in [4.78, 5) is 14.3. The first-order valence-corrected chi connectivity index (χ1v) is 7.37. The van der Waals surface area contributed by atoms with Crippen molar-refractivity contribution in [3.63, 3.8) is 0 Å². The van der Waals surface area contributed by atoms with Gasteiger partial charge in [0.25, 0.3) is 5.91 Å². The van der Waals surface area contributed by atoms with Crippen molar-refractivity contribution in [2.24, 2.45) is 0 Å². The Morgan fingerprint density at radius 2 is 2.19 bits per heavy atom. The molecule has 5 heteroatoms. The number of carbonyl (C=O) groups excluding carboxylic acids is 1. The van der Waals surface area contributed by atoms with Crippen LogP contribution in [0.4, 0.5) is 5.69 Å². The number of amides is 1. The molecule has 0 bridgehead atoms. The molecular weight excluding hydrogens is 290 g/mol. The largest absolute Gasteiger partial charge is 0.478 e. The number of nitrogens with zero attached hydrogens (tertiary/aromatic N) is 1. The molecular formula is C16H16ClNO3. The molecule has 0 aliphatic carbocycles. The lowest BCUT2D eigenvalue weighted by molar-refractivity contribution is -0.126. The van der Waals surface area contributed by atoms with E-state index in [-0.39, 0.29) is 5.91 Å². The molecule has 2 aromatic rings. The zero-order chi connectivity index (χ0) is 14.8. The van der Waals surface area contributed by atoms with Gasteiger partial charge in [-0.15, -0.1) is 0 Å². The molecule has 1 atom stereocenters. The van der Waals surface area contributed by atoms with Crippen LogP contribution in [-0.4, -0.2) is 12.0 Å².